The molecular formula is C24H30N2O2S. The van der Waals surface area contributed by atoms with Gasteiger partial charge in [-0.05, 0) is 57.7 Å². The standard InChI is InChI=1S/C24H30N2O2S/c1-24(2,3)28-23(27)26(4)16-10-9-12-18-11-5-8-15-21(18)29-22-17-25-20-14-7-6-13-19(20)22/h5-8,11,13-15,17,25H,9-10,12,16H2,1-4H3. The monoisotopic (exact) mass is 410 g/mol. The molecule has 0 spiro atoms. The number of unbranched alkanes of at least 4 members (excludes halogenated alkanes) is 1. The molecule has 1 amide bonds. The van der Waals surface area contributed by atoms with Crippen molar-refractivity contribution < 1.29 is 9.53 Å². The lowest BCUT2D eigenvalue weighted by atomic mass is 10.1. The summed E-state index contributed by atoms with van der Waals surface area (Å²) < 4.78 is 5.41. The number of ether oxygens (including phenoxy) is 1. The number of fused-ring (bicyclic) bond motifs is 1. The highest BCUT2D eigenvalue weighted by Gasteiger charge is 2.19. The lowest BCUT2D eigenvalue weighted by Crippen LogP contribution is -2.34. The first-order valence-corrected chi connectivity index (χ1v) is 10.9. The van der Waals surface area contributed by atoms with E-state index in [1.807, 2.05) is 32.5 Å². The van der Waals surface area contributed by atoms with Crippen molar-refractivity contribution in [1.29, 1.82) is 0 Å². The van der Waals surface area contributed by atoms with Gasteiger partial charge in [-0.25, -0.2) is 4.79 Å². The van der Waals surface area contributed by atoms with Gasteiger partial charge < -0.3 is 14.6 Å². The molecule has 1 aromatic heterocycles. The fourth-order valence-electron chi connectivity index (χ4n) is 3.15. The number of amides is 1. The van der Waals surface area contributed by atoms with Crippen molar-refractivity contribution in [3.63, 3.8) is 0 Å². The number of nitrogens with one attached hydrogen (secondary N) is 1. The summed E-state index contributed by atoms with van der Waals surface area (Å²) in [5.41, 5.74) is 2.06. The Morgan fingerprint density at radius 1 is 1.03 bits per heavy atom. The molecule has 0 unspecified atom stereocenters. The molecule has 3 aromatic rings. The van der Waals surface area contributed by atoms with Gasteiger partial charge in [0, 0.05) is 40.5 Å². The van der Waals surface area contributed by atoms with E-state index in [-0.39, 0.29) is 6.09 Å². The van der Waals surface area contributed by atoms with Crippen LogP contribution in [0.3, 0.4) is 0 Å². The number of H-pyrrole nitrogens is 1. The molecule has 29 heavy (non-hydrogen) atoms. The average Bonchev–Trinajstić information content (AvgIpc) is 3.08. The number of hydrogen-bond donors (Lipinski definition) is 1. The van der Waals surface area contributed by atoms with Gasteiger partial charge in [-0.2, -0.15) is 0 Å². The predicted octanol–water partition coefficient (Wildman–Crippen LogP) is 6.51. The van der Waals surface area contributed by atoms with Crippen LogP contribution in [0.4, 0.5) is 4.79 Å². The Bertz CT molecular complexity index is 959. The molecular weight excluding hydrogens is 380 g/mol. The second kappa shape index (κ2) is 9.40. The summed E-state index contributed by atoms with van der Waals surface area (Å²) in [5.74, 6) is 0. The van der Waals surface area contributed by atoms with Gasteiger partial charge in [0.15, 0.2) is 0 Å². The van der Waals surface area contributed by atoms with Gasteiger partial charge in [0.05, 0.1) is 0 Å². The van der Waals surface area contributed by atoms with Crippen molar-refractivity contribution >= 4 is 28.8 Å². The molecule has 0 aliphatic carbocycles. The van der Waals surface area contributed by atoms with Gasteiger partial charge in [0.25, 0.3) is 0 Å². The molecule has 0 aliphatic heterocycles. The SMILES string of the molecule is CN(CCCCc1ccccc1Sc1c[nH]c2ccccc12)C(=O)OC(C)(C)C. The number of carbonyl (C=O) groups excluding carboxylic acids is 1. The van der Waals surface area contributed by atoms with Crippen molar-refractivity contribution in [1.82, 2.24) is 9.88 Å². The quantitative estimate of drug-likeness (QED) is 0.452. The second-order valence-corrected chi connectivity index (χ2v) is 9.35. The molecule has 1 N–H and O–H groups in total. The fourth-order valence-corrected chi connectivity index (χ4v) is 4.24. The van der Waals surface area contributed by atoms with E-state index in [0.29, 0.717) is 6.54 Å². The van der Waals surface area contributed by atoms with Gasteiger partial charge >= 0.3 is 6.09 Å². The second-order valence-electron chi connectivity index (χ2n) is 8.27. The molecule has 0 bridgehead atoms. The van der Waals surface area contributed by atoms with Crippen LogP contribution in [-0.2, 0) is 11.2 Å². The molecule has 0 radical (unpaired) electrons. The van der Waals surface area contributed by atoms with E-state index in [0.717, 1.165) is 24.8 Å². The van der Waals surface area contributed by atoms with Crippen LogP contribution in [0, 0.1) is 0 Å². The number of aromatic amines is 1. The number of nitrogens with zero attached hydrogens (tertiary/aromatic N) is 1. The minimum Gasteiger partial charge on any atom is -0.444 e. The first-order chi connectivity index (χ1) is 13.8. The van der Waals surface area contributed by atoms with E-state index >= 15 is 0 Å². The van der Waals surface area contributed by atoms with Gasteiger partial charge in [0.2, 0.25) is 0 Å². The van der Waals surface area contributed by atoms with Crippen LogP contribution in [0.5, 0.6) is 0 Å². The molecule has 3 rings (SSSR count). The van der Waals surface area contributed by atoms with Crippen molar-refractivity contribution in [3.05, 3.63) is 60.3 Å². The van der Waals surface area contributed by atoms with Crippen molar-refractivity contribution in [2.75, 3.05) is 13.6 Å². The van der Waals surface area contributed by atoms with Gasteiger partial charge in [0.1, 0.15) is 5.60 Å². The summed E-state index contributed by atoms with van der Waals surface area (Å²) in [7, 11) is 1.80. The number of para-hydroxylation sites is 1. The number of hydrogen-bond acceptors (Lipinski definition) is 3. The first-order valence-electron chi connectivity index (χ1n) is 10.1. The minimum atomic E-state index is -0.454. The largest absolute Gasteiger partial charge is 0.444 e. The van der Waals surface area contributed by atoms with E-state index in [4.69, 9.17) is 4.74 Å². The maximum atomic E-state index is 12.1. The van der Waals surface area contributed by atoms with E-state index in [1.165, 1.54) is 20.7 Å². The summed E-state index contributed by atoms with van der Waals surface area (Å²) in [5, 5.41) is 1.26. The third-order valence-electron chi connectivity index (χ3n) is 4.64. The molecule has 154 valence electrons. The third kappa shape index (κ3) is 6.04. The highest BCUT2D eigenvalue weighted by Crippen LogP contribution is 2.35. The van der Waals surface area contributed by atoms with E-state index in [1.54, 1.807) is 11.9 Å². The Kier molecular flexibility index (Phi) is 6.91. The van der Waals surface area contributed by atoms with Crippen LogP contribution in [0.2, 0.25) is 0 Å². The highest BCUT2D eigenvalue weighted by molar-refractivity contribution is 7.99. The number of carbonyl (C=O) groups is 1. The molecule has 0 aliphatic rings. The zero-order valence-electron chi connectivity index (χ0n) is 17.7. The molecule has 0 saturated heterocycles. The third-order valence-corrected chi connectivity index (χ3v) is 5.81. The number of aryl methyl sites for hydroxylation is 1. The molecule has 1 heterocycles. The van der Waals surface area contributed by atoms with E-state index in [2.05, 4.69) is 59.7 Å². The zero-order chi connectivity index (χ0) is 20.9. The van der Waals surface area contributed by atoms with Crippen LogP contribution in [-0.4, -0.2) is 35.2 Å². The van der Waals surface area contributed by atoms with Crippen LogP contribution < -0.4 is 0 Å². The lowest BCUT2D eigenvalue weighted by molar-refractivity contribution is 0.0296. The Balaban J connectivity index is 1.55. The first kappa shape index (κ1) is 21.3. The van der Waals surface area contributed by atoms with Crippen molar-refractivity contribution in [2.45, 2.75) is 55.4 Å². The Morgan fingerprint density at radius 2 is 1.76 bits per heavy atom. The molecule has 4 nitrogen and oxygen atoms in total. The maximum Gasteiger partial charge on any atom is 0.410 e. The van der Waals surface area contributed by atoms with E-state index in [9.17, 15) is 4.79 Å². The number of rotatable bonds is 7. The smallest absolute Gasteiger partial charge is 0.410 e. The van der Waals surface area contributed by atoms with Crippen LogP contribution in [0.15, 0.2) is 64.5 Å². The summed E-state index contributed by atoms with van der Waals surface area (Å²) in [6, 6.07) is 17.0. The summed E-state index contributed by atoms with van der Waals surface area (Å²) in [6.07, 6.45) is 4.79. The van der Waals surface area contributed by atoms with Gasteiger partial charge in [-0.3, -0.25) is 0 Å². The summed E-state index contributed by atoms with van der Waals surface area (Å²) in [6.45, 7) is 6.37. The summed E-state index contributed by atoms with van der Waals surface area (Å²) in [4.78, 5) is 19.6. The van der Waals surface area contributed by atoms with Crippen LogP contribution in [0.25, 0.3) is 10.9 Å². The summed E-state index contributed by atoms with van der Waals surface area (Å²) >= 11 is 1.81. The van der Waals surface area contributed by atoms with Crippen molar-refractivity contribution in [2.24, 2.45) is 0 Å². The number of aromatic nitrogens is 1. The Morgan fingerprint density at radius 3 is 2.55 bits per heavy atom. The lowest BCUT2D eigenvalue weighted by Gasteiger charge is -2.24. The topological polar surface area (TPSA) is 45.3 Å². The van der Waals surface area contributed by atoms with Gasteiger partial charge in [-0.1, -0.05) is 48.2 Å². The maximum absolute atomic E-state index is 12.1. The van der Waals surface area contributed by atoms with E-state index < -0.39 is 5.60 Å². The molecule has 0 saturated carbocycles. The van der Waals surface area contributed by atoms with Crippen molar-refractivity contribution in [3.8, 4) is 0 Å². The van der Waals surface area contributed by atoms with Crippen LogP contribution >= 0.6 is 11.8 Å². The van der Waals surface area contributed by atoms with Gasteiger partial charge in [-0.15, -0.1) is 0 Å². The molecule has 0 atom stereocenters. The molecule has 0 fully saturated rings. The molecule has 5 heteroatoms. The fraction of sp³-hybridized carbons (Fsp3) is 0.375. The van der Waals surface area contributed by atoms with Crippen LogP contribution in [0.1, 0.15) is 39.2 Å². The normalized spacial score (nSPS) is 11.6. The predicted molar refractivity (Wildman–Crippen MR) is 121 cm³/mol. The average molecular weight is 411 g/mol. The minimum absolute atomic E-state index is 0.257. The number of benzene rings is 2. The highest BCUT2D eigenvalue weighted by atomic mass is 32.2. The Hall–Kier alpha value is -2.40. The zero-order valence-corrected chi connectivity index (χ0v) is 18.5. The Labute approximate surface area is 177 Å². The molecule has 2 aromatic carbocycles.